The van der Waals surface area contributed by atoms with Crippen molar-refractivity contribution in [1.82, 2.24) is 9.55 Å². The number of aliphatic imine (C=N–C) groups is 1. The smallest absolute Gasteiger partial charge is 0.144 e. The Labute approximate surface area is 107 Å². The molecule has 1 aromatic heterocycles. The minimum absolute atomic E-state index is 0.774. The summed E-state index contributed by atoms with van der Waals surface area (Å²) in [6, 6.07) is 5.94. The molecule has 0 spiro atoms. The van der Waals surface area contributed by atoms with Crippen LogP contribution in [0.5, 0.6) is 5.75 Å². The summed E-state index contributed by atoms with van der Waals surface area (Å²) >= 11 is 0. The van der Waals surface area contributed by atoms with Crippen LogP contribution in [-0.4, -0.2) is 22.4 Å². The summed E-state index contributed by atoms with van der Waals surface area (Å²) in [5.41, 5.74) is 3.74. The van der Waals surface area contributed by atoms with Crippen LogP contribution in [0.1, 0.15) is 18.2 Å². The van der Waals surface area contributed by atoms with Crippen molar-refractivity contribution in [1.29, 1.82) is 0 Å². The lowest BCUT2D eigenvalue weighted by molar-refractivity contribution is 0.416. The summed E-state index contributed by atoms with van der Waals surface area (Å²) in [4.78, 5) is 8.87. The van der Waals surface area contributed by atoms with Gasteiger partial charge < -0.3 is 9.30 Å². The van der Waals surface area contributed by atoms with E-state index in [1.165, 1.54) is 0 Å². The Morgan fingerprint density at radius 3 is 2.78 bits per heavy atom. The molecule has 1 aromatic carbocycles. The standard InChI is InChI=1S/C14H17N3O/c1-10-5-6-14(18-4)12(7-10)16-11(2)13-8-17(3)9-15-13/h5-9H,1-4H3. The molecule has 0 bridgehead atoms. The molecule has 0 aliphatic rings. The van der Waals surface area contributed by atoms with Crippen LogP contribution < -0.4 is 4.74 Å². The van der Waals surface area contributed by atoms with Gasteiger partial charge in [-0.1, -0.05) is 6.07 Å². The number of hydrogen-bond acceptors (Lipinski definition) is 3. The number of aromatic nitrogens is 2. The van der Waals surface area contributed by atoms with Crippen molar-refractivity contribution in [3.63, 3.8) is 0 Å². The van der Waals surface area contributed by atoms with E-state index < -0.39 is 0 Å². The van der Waals surface area contributed by atoms with Gasteiger partial charge in [0.1, 0.15) is 17.1 Å². The fourth-order valence-electron chi connectivity index (χ4n) is 1.72. The number of benzene rings is 1. The number of aryl methyl sites for hydroxylation is 2. The van der Waals surface area contributed by atoms with Crippen LogP contribution in [0.2, 0.25) is 0 Å². The zero-order valence-electron chi connectivity index (χ0n) is 11.1. The number of ether oxygens (including phenoxy) is 1. The molecule has 1 heterocycles. The van der Waals surface area contributed by atoms with Crippen LogP contribution in [0.15, 0.2) is 35.7 Å². The van der Waals surface area contributed by atoms with E-state index in [0.29, 0.717) is 0 Å². The predicted octanol–water partition coefficient (Wildman–Crippen LogP) is 2.88. The first-order valence-corrected chi connectivity index (χ1v) is 5.78. The lowest BCUT2D eigenvalue weighted by atomic mass is 10.2. The Hall–Kier alpha value is -2.10. The molecule has 0 unspecified atom stereocenters. The van der Waals surface area contributed by atoms with E-state index in [1.54, 1.807) is 13.4 Å². The number of imidazole rings is 1. The zero-order valence-corrected chi connectivity index (χ0v) is 11.1. The van der Waals surface area contributed by atoms with Gasteiger partial charge in [0.05, 0.1) is 19.1 Å². The monoisotopic (exact) mass is 243 g/mol. The number of nitrogens with zero attached hydrogens (tertiary/aromatic N) is 3. The Balaban J connectivity index is 2.40. The third kappa shape index (κ3) is 2.59. The Bertz CT molecular complexity index is 584. The van der Waals surface area contributed by atoms with Gasteiger partial charge in [-0.25, -0.2) is 9.98 Å². The van der Waals surface area contributed by atoms with Gasteiger partial charge in [0.25, 0.3) is 0 Å². The van der Waals surface area contributed by atoms with Crippen LogP contribution in [0.3, 0.4) is 0 Å². The average molecular weight is 243 g/mol. The molecule has 4 nitrogen and oxygen atoms in total. The van der Waals surface area contributed by atoms with Gasteiger partial charge in [-0.05, 0) is 31.5 Å². The molecule has 0 saturated heterocycles. The molecular weight excluding hydrogens is 226 g/mol. The average Bonchev–Trinajstić information content (AvgIpc) is 2.76. The van der Waals surface area contributed by atoms with Crippen molar-refractivity contribution < 1.29 is 4.74 Å². The largest absolute Gasteiger partial charge is 0.494 e. The molecule has 0 radical (unpaired) electrons. The summed E-state index contributed by atoms with van der Waals surface area (Å²) in [5.74, 6) is 0.774. The molecule has 18 heavy (non-hydrogen) atoms. The highest BCUT2D eigenvalue weighted by Gasteiger charge is 2.05. The quantitative estimate of drug-likeness (QED) is 0.777. The molecule has 0 atom stereocenters. The molecule has 0 aliphatic carbocycles. The van der Waals surface area contributed by atoms with Crippen LogP contribution >= 0.6 is 0 Å². The summed E-state index contributed by atoms with van der Waals surface area (Å²) < 4.78 is 7.21. The van der Waals surface area contributed by atoms with Crippen LogP contribution in [-0.2, 0) is 7.05 Å². The maximum atomic E-state index is 5.31. The minimum Gasteiger partial charge on any atom is -0.494 e. The second kappa shape index (κ2) is 5.04. The van der Waals surface area contributed by atoms with E-state index in [4.69, 9.17) is 4.74 Å². The summed E-state index contributed by atoms with van der Waals surface area (Å²) in [7, 11) is 3.59. The van der Waals surface area contributed by atoms with E-state index >= 15 is 0 Å². The van der Waals surface area contributed by atoms with Crippen molar-refractivity contribution in [2.45, 2.75) is 13.8 Å². The summed E-state index contributed by atoms with van der Waals surface area (Å²) in [6.07, 6.45) is 3.71. The van der Waals surface area contributed by atoms with Crippen LogP contribution in [0, 0.1) is 6.92 Å². The van der Waals surface area contributed by atoms with Gasteiger partial charge >= 0.3 is 0 Å². The topological polar surface area (TPSA) is 39.4 Å². The van der Waals surface area contributed by atoms with E-state index in [2.05, 4.69) is 9.98 Å². The molecule has 0 saturated carbocycles. The number of rotatable bonds is 3. The normalized spacial score (nSPS) is 11.7. The first-order valence-electron chi connectivity index (χ1n) is 5.78. The minimum atomic E-state index is 0.774. The Morgan fingerprint density at radius 1 is 1.39 bits per heavy atom. The molecular formula is C14H17N3O. The first-order chi connectivity index (χ1) is 8.60. The van der Waals surface area contributed by atoms with Gasteiger partial charge in [-0.15, -0.1) is 0 Å². The summed E-state index contributed by atoms with van der Waals surface area (Å²) in [6.45, 7) is 3.98. The maximum Gasteiger partial charge on any atom is 0.144 e. The van der Waals surface area contributed by atoms with Crippen molar-refractivity contribution in [2.24, 2.45) is 12.0 Å². The highest BCUT2D eigenvalue weighted by Crippen LogP contribution is 2.28. The molecule has 0 N–H and O–H groups in total. The molecule has 2 rings (SSSR count). The van der Waals surface area contributed by atoms with Crippen molar-refractivity contribution in [3.8, 4) is 5.75 Å². The van der Waals surface area contributed by atoms with Gasteiger partial charge in [-0.2, -0.15) is 0 Å². The lowest BCUT2D eigenvalue weighted by Crippen LogP contribution is -1.95. The van der Waals surface area contributed by atoms with E-state index in [9.17, 15) is 0 Å². The highest BCUT2D eigenvalue weighted by atomic mass is 16.5. The molecule has 94 valence electrons. The van der Waals surface area contributed by atoms with Crippen molar-refractivity contribution >= 4 is 11.4 Å². The molecule has 2 aromatic rings. The van der Waals surface area contributed by atoms with Crippen molar-refractivity contribution in [2.75, 3.05) is 7.11 Å². The third-order valence-corrected chi connectivity index (χ3v) is 2.70. The van der Waals surface area contributed by atoms with Crippen molar-refractivity contribution in [3.05, 3.63) is 42.0 Å². The Morgan fingerprint density at radius 2 is 2.17 bits per heavy atom. The fraction of sp³-hybridized carbons (Fsp3) is 0.286. The zero-order chi connectivity index (χ0) is 13.1. The van der Waals surface area contributed by atoms with Gasteiger partial charge in [-0.3, -0.25) is 0 Å². The SMILES string of the molecule is COc1ccc(C)cc1N=C(C)c1cn(C)cn1. The highest BCUT2D eigenvalue weighted by molar-refractivity contribution is 5.98. The van der Waals surface area contributed by atoms with E-state index in [-0.39, 0.29) is 0 Å². The van der Waals surface area contributed by atoms with Gasteiger partial charge in [0.15, 0.2) is 0 Å². The van der Waals surface area contributed by atoms with Gasteiger partial charge in [0.2, 0.25) is 0 Å². The van der Waals surface area contributed by atoms with Crippen LogP contribution in [0.25, 0.3) is 0 Å². The molecule has 0 aliphatic heterocycles. The van der Waals surface area contributed by atoms with E-state index in [0.717, 1.165) is 28.4 Å². The third-order valence-electron chi connectivity index (χ3n) is 2.70. The first kappa shape index (κ1) is 12.4. The summed E-state index contributed by atoms with van der Waals surface area (Å²) in [5, 5.41) is 0. The Kier molecular flexibility index (Phi) is 3.46. The van der Waals surface area contributed by atoms with Crippen LogP contribution in [0.4, 0.5) is 5.69 Å². The van der Waals surface area contributed by atoms with Gasteiger partial charge in [0, 0.05) is 13.2 Å². The second-order valence-electron chi connectivity index (χ2n) is 4.30. The predicted molar refractivity (Wildman–Crippen MR) is 72.8 cm³/mol. The molecule has 0 amide bonds. The number of methoxy groups -OCH3 is 1. The second-order valence-corrected chi connectivity index (χ2v) is 4.30. The maximum absolute atomic E-state index is 5.31. The number of hydrogen-bond donors (Lipinski definition) is 0. The molecule has 0 fully saturated rings. The fourth-order valence-corrected chi connectivity index (χ4v) is 1.72. The van der Waals surface area contributed by atoms with E-state index in [1.807, 2.05) is 49.9 Å². The molecule has 4 heteroatoms. The lowest BCUT2D eigenvalue weighted by Gasteiger charge is -2.06.